The van der Waals surface area contributed by atoms with Crippen LogP contribution in [-0.2, 0) is 11.0 Å². The van der Waals surface area contributed by atoms with Crippen molar-refractivity contribution in [1.82, 2.24) is 0 Å². The molecular weight excluding hydrogens is 257 g/mol. The highest BCUT2D eigenvalue weighted by Gasteiger charge is 2.32. The van der Waals surface area contributed by atoms with Crippen molar-refractivity contribution in [3.05, 3.63) is 23.8 Å². The Kier molecular flexibility index (Phi) is 3.43. The Morgan fingerprint density at radius 1 is 1.42 bits per heavy atom. The van der Waals surface area contributed by atoms with Gasteiger partial charge in [-0.2, -0.15) is 13.2 Å². The SMILES string of the molecule is CCN1CC(C)C(=O)Nc2cc(C(F)(F)F)ccc21. The van der Waals surface area contributed by atoms with Crippen LogP contribution in [0.25, 0.3) is 0 Å². The quantitative estimate of drug-likeness (QED) is 0.852. The van der Waals surface area contributed by atoms with Gasteiger partial charge in [-0.1, -0.05) is 6.92 Å². The van der Waals surface area contributed by atoms with Gasteiger partial charge in [-0.25, -0.2) is 0 Å². The predicted molar refractivity (Wildman–Crippen MR) is 67.1 cm³/mol. The predicted octanol–water partition coefficient (Wildman–Crippen LogP) is 3.12. The zero-order valence-electron chi connectivity index (χ0n) is 10.7. The first-order chi connectivity index (χ1) is 8.82. The normalized spacial score (nSPS) is 19.7. The van der Waals surface area contributed by atoms with Gasteiger partial charge >= 0.3 is 6.18 Å². The summed E-state index contributed by atoms with van der Waals surface area (Å²) < 4.78 is 38.1. The number of nitrogens with one attached hydrogen (secondary N) is 1. The Morgan fingerprint density at radius 3 is 2.68 bits per heavy atom. The topological polar surface area (TPSA) is 32.3 Å². The third-order valence-electron chi connectivity index (χ3n) is 3.25. The number of rotatable bonds is 1. The summed E-state index contributed by atoms with van der Waals surface area (Å²) in [7, 11) is 0. The van der Waals surface area contributed by atoms with E-state index in [0.29, 0.717) is 18.8 Å². The molecule has 0 bridgehead atoms. The highest BCUT2D eigenvalue weighted by Crippen LogP contribution is 2.36. The minimum absolute atomic E-state index is 0.228. The van der Waals surface area contributed by atoms with Gasteiger partial charge in [-0.15, -0.1) is 0 Å². The smallest absolute Gasteiger partial charge is 0.369 e. The fraction of sp³-hybridized carbons (Fsp3) is 0.462. The molecule has 1 amide bonds. The maximum absolute atomic E-state index is 12.7. The first kappa shape index (κ1) is 13.7. The number of carbonyl (C=O) groups excluding carboxylic acids is 1. The van der Waals surface area contributed by atoms with E-state index in [0.717, 1.165) is 12.1 Å². The highest BCUT2D eigenvalue weighted by atomic mass is 19.4. The van der Waals surface area contributed by atoms with Gasteiger partial charge in [-0.05, 0) is 25.1 Å². The van der Waals surface area contributed by atoms with Crippen LogP contribution in [0.1, 0.15) is 19.4 Å². The lowest BCUT2D eigenvalue weighted by Gasteiger charge is -2.24. The van der Waals surface area contributed by atoms with Crippen molar-refractivity contribution < 1.29 is 18.0 Å². The second kappa shape index (κ2) is 4.75. The largest absolute Gasteiger partial charge is 0.416 e. The summed E-state index contributed by atoms with van der Waals surface area (Å²) in [6.07, 6.45) is -4.41. The first-order valence-electron chi connectivity index (χ1n) is 6.10. The van der Waals surface area contributed by atoms with Gasteiger partial charge < -0.3 is 10.2 Å². The van der Waals surface area contributed by atoms with Gasteiger partial charge in [0.2, 0.25) is 5.91 Å². The van der Waals surface area contributed by atoms with Crippen LogP contribution < -0.4 is 10.2 Å². The number of anilines is 2. The lowest BCUT2D eigenvalue weighted by Crippen LogP contribution is -2.30. The molecule has 0 fully saturated rings. The van der Waals surface area contributed by atoms with Gasteiger partial charge in [0, 0.05) is 13.1 Å². The summed E-state index contributed by atoms with van der Waals surface area (Å²) in [4.78, 5) is 13.7. The van der Waals surface area contributed by atoms with E-state index >= 15 is 0 Å². The van der Waals surface area contributed by atoms with Crippen LogP contribution in [0, 0.1) is 5.92 Å². The molecule has 3 nitrogen and oxygen atoms in total. The third-order valence-corrected chi connectivity index (χ3v) is 3.25. The summed E-state index contributed by atoms with van der Waals surface area (Å²) in [5, 5.41) is 2.57. The lowest BCUT2D eigenvalue weighted by atomic mass is 10.1. The molecule has 19 heavy (non-hydrogen) atoms. The van der Waals surface area contributed by atoms with E-state index < -0.39 is 11.7 Å². The van der Waals surface area contributed by atoms with Crippen molar-refractivity contribution in [2.45, 2.75) is 20.0 Å². The van der Waals surface area contributed by atoms with Gasteiger partial charge in [0.05, 0.1) is 22.9 Å². The Balaban J connectivity index is 2.48. The molecule has 1 aliphatic rings. The number of nitrogens with zero attached hydrogens (tertiary/aromatic N) is 1. The van der Waals surface area contributed by atoms with E-state index in [9.17, 15) is 18.0 Å². The van der Waals surface area contributed by atoms with E-state index in [4.69, 9.17) is 0 Å². The van der Waals surface area contributed by atoms with Crippen molar-refractivity contribution in [3.8, 4) is 0 Å². The Labute approximate surface area is 109 Å². The van der Waals surface area contributed by atoms with Gasteiger partial charge in [0.1, 0.15) is 0 Å². The Morgan fingerprint density at radius 2 is 2.11 bits per heavy atom. The highest BCUT2D eigenvalue weighted by molar-refractivity contribution is 5.97. The molecule has 0 saturated heterocycles. The van der Waals surface area contributed by atoms with Crippen LogP contribution >= 0.6 is 0 Å². The molecule has 0 aromatic heterocycles. The number of fused-ring (bicyclic) bond motifs is 1. The van der Waals surface area contributed by atoms with Gasteiger partial charge in [0.15, 0.2) is 0 Å². The summed E-state index contributed by atoms with van der Waals surface area (Å²) in [6, 6.07) is 3.46. The summed E-state index contributed by atoms with van der Waals surface area (Å²) in [5.74, 6) is -0.516. The van der Waals surface area contributed by atoms with Crippen molar-refractivity contribution in [3.63, 3.8) is 0 Å². The number of carbonyl (C=O) groups is 1. The molecule has 6 heteroatoms. The molecule has 0 aliphatic carbocycles. The zero-order valence-corrected chi connectivity index (χ0v) is 10.7. The fourth-order valence-electron chi connectivity index (χ4n) is 2.16. The second-order valence-corrected chi connectivity index (χ2v) is 4.66. The molecule has 1 aliphatic heterocycles. The molecule has 1 atom stereocenters. The molecule has 0 spiro atoms. The monoisotopic (exact) mass is 272 g/mol. The Hall–Kier alpha value is -1.72. The molecular formula is C13H15F3N2O. The van der Waals surface area contributed by atoms with Crippen LogP contribution in [0.4, 0.5) is 24.5 Å². The van der Waals surface area contributed by atoms with Crippen LogP contribution in [0.15, 0.2) is 18.2 Å². The van der Waals surface area contributed by atoms with Crippen LogP contribution in [-0.4, -0.2) is 19.0 Å². The zero-order chi connectivity index (χ0) is 14.2. The van der Waals surface area contributed by atoms with Gasteiger partial charge in [0.25, 0.3) is 0 Å². The van der Waals surface area contributed by atoms with E-state index in [1.165, 1.54) is 6.07 Å². The third kappa shape index (κ3) is 2.67. The number of halogens is 3. The maximum atomic E-state index is 12.7. The lowest BCUT2D eigenvalue weighted by molar-refractivity contribution is -0.137. The molecule has 2 rings (SSSR count). The molecule has 0 radical (unpaired) electrons. The number of amides is 1. The van der Waals surface area contributed by atoms with Crippen molar-refractivity contribution in [2.24, 2.45) is 5.92 Å². The molecule has 104 valence electrons. The molecule has 1 heterocycles. The number of hydrogen-bond donors (Lipinski definition) is 1. The standard InChI is InChI=1S/C13H15F3N2O/c1-3-18-7-8(2)12(19)17-10-6-9(13(14,15)16)4-5-11(10)18/h4-6,8H,3,7H2,1-2H3,(H,17,19). The second-order valence-electron chi connectivity index (χ2n) is 4.66. The summed E-state index contributed by atoms with van der Waals surface area (Å²) in [6.45, 7) is 4.80. The number of benzene rings is 1. The molecule has 1 unspecified atom stereocenters. The molecule has 0 saturated carbocycles. The fourth-order valence-corrected chi connectivity index (χ4v) is 2.16. The van der Waals surface area contributed by atoms with Crippen LogP contribution in [0.5, 0.6) is 0 Å². The molecule has 1 aromatic carbocycles. The minimum Gasteiger partial charge on any atom is -0.369 e. The van der Waals surface area contributed by atoms with E-state index in [1.54, 1.807) is 6.92 Å². The number of alkyl halides is 3. The van der Waals surface area contributed by atoms with E-state index in [-0.39, 0.29) is 17.5 Å². The first-order valence-corrected chi connectivity index (χ1v) is 6.10. The number of hydrogen-bond acceptors (Lipinski definition) is 2. The average molecular weight is 272 g/mol. The van der Waals surface area contributed by atoms with Crippen molar-refractivity contribution >= 4 is 17.3 Å². The Bertz CT molecular complexity index is 499. The van der Waals surface area contributed by atoms with Crippen LogP contribution in [0.2, 0.25) is 0 Å². The average Bonchev–Trinajstić information content (AvgIpc) is 2.45. The van der Waals surface area contributed by atoms with E-state index in [2.05, 4.69) is 5.32 Å². The van der Waals surface area contributed by atoms with Crippen molar-refractivity contribution in [2.75, 3.05) is 23.3 Å². The van der Waals surface area contributed by atoms with Crippen molar-refractivity contribution in [1.29, 1.82) is 0 Å². The minimum atomic E-state index is -4.41. The molecule has 1 N–H and O–H groups in total. The maximum Gasteiger partial charge on any atom is 0.416 e. The summed E-state index contributed by atoms with van der Waals surface area (Å²) >= 11 is 0. The molecule has 1 aromatic rings. The van der Waals surface area contributed by atoms with Gasteiger partial charge in [-0.3, -0.25) is 4.79 Å². The summed E-state index contributed by atoms with van der Waals surface area (Å²) in [5.41, 5.74) is 0.108. The van der Waals surface area contributed by atoms with E-state index in [1.807, 2.05) is 11.8 Å². The van der Waals surface area contributed by atoms with Crippen LogP contribution in [0.3, 0.4) is 0 Å².